The highest BCUT2D eigenvalue weighted by atomic mass is 19.1. The Morgan fingerprint density at radius 3 is 2.46 bits per heavy atom. The van der Waals surface area contributed by atoms with Crippen LogP contribution in [0.3, 0.4) is 0 Å². The van der Waals surface area contributed by atoms with Gasteiger partial charge in [-0.25, -0.2) is 4.39 Å². The second-order valence-electron chi connectivity index (χ2n) is 6.28. The predicted octanol–water partition coefficient (Wildman–Crippen LogP) is 3.59. The van der Waals surface area contributed by atoms with E-state index in [9.17, 15) is 14.0 Å². The van der Waals surface area contributed by atoms with Crippen LogP contribution in [0.25, 0.3) is 0 Å². The molecule has 1 aromatic heterocycles. The van der Waals surface area contributed by atoms with Crippen LogP contribution >= 0.6 is 0 Å². The van der Waals surface area contributed by atoms with E-state index in [1.165, 1.54) is 12.1 Å². The molecule has 0 bridgehead atoms. The van der Waals surface area contributed by atoms with Crippen LogP contribution in [0, 0.1) is 19.7 Å². The summed E-state index contributed by atoms with van der Waals surface area (Å²) in [5.74, 6) is 0.586. The topological polar surface area (TPSA) is 62.6 Å². The Labute approximate surface area is 153 Å². The zero-order chi connectivity index (χ0) is 19.1. The summed E-state index contributed by atoms with van der Waals surface area (Å²) >= 11 is 0. The number of rotatable bonds is 8. The number of benzene rings is 1. The van der Waals surface area contributed by atoms with E-state index in [1.54, 1.807) is 36.9 Å². The van der Waals surface area contributed by atoms with E-state index >= 15 is 0 Å². The maximum atomic E-state index is 13.1. The Morgan fingerprint density at radius 2 is 1.88 bits per heavy atom. The fraction of sp³-hybridized carbons (Fsp3) is 0.400. The minimum Gasteiger partial charge on any atom is -0.466 e. The number of nitrogens with one attached hydrogen (secondary N) is 1. The summed E-state index contributed by atoms with van der Waals surface area (Å²) in [5, 5.41) is 2.81. The zero-order valence-electron chi connectivity index (χ0n) is 15.5. The largest absolute Gasteiger partial charge is 0.466 e. The van der Waals surface area contributed by atoms with Gasteiger partial charge in [0.15, 0.2) is 0 Å². The molecule has 0 radical (unpaired) electrons. The van der Waals surface area contributed by atoms with Crippen LogP contribution in [0.1, 0.15) is 47.2 Å². The number of hydrogen-bond donors (Lipinski definition) is 1. The van der Waals surface area contributed by atoms with Gasteiger partial charge in [-0.1, -0.05) is 19.1 Å². The third-order valence-corrected chi connectivity index (χ3v) is 4.03. The molecule has 2 amide bonds. The van der Waals surface area contributed by atoms with Gasteiger partial charge in [-0.15, -0.1) is 0 Å². The fourth-order valence-corrected chi connectivity index (χ4v) is 2.67. The molecule has 2 aromatic rings. The SMILES string of the molecule is CCCNC(=O)CCN(Cc1ccc(F)cc1)C(=O)c1cc(C)oc1C. The van der Waals surface area contributed by atoms with Gasteiger partial charge >= 0.3 is 0 Å². The molecule has 26 heavy (non-hydrogen) atoms. The summed E-state index contributed by atoms with van der Waals surface area (Å²) in [7, 11) is 0. The molecule has 2 rings (SSSR count). The summed E-state index contributed by atoms with van der Waals surface area (Å²) in [5.41, 5.74) is 1.28. The Kier molecular flexibility index (Phi) is 6.95. The minimum absolute atomic E-state index is 0.0937. The number of furan rings is 1. The number of nitrogens with zero attached hydrogens (tertiary/aromatic N) is 1. The van der Waals surface area contributed by atoms with Crippen molar-refractivity contribution in [3.05, 3.63) is 58.8 Å². The highest BCUT2D eigenvalue weighted by molar-refractivity contribution is 5.95. The Balaban J connectivity index is 2.14. The van der Waals surface area contributed by atoms with Crippen LogP contribution in [0.5, 0.6) is 0 Å². The van der Waals surface area contributed by atoms with Gasteiger partial charge in [0, 0.05) is 26.1 Å². The molecule has 0 saturated carbocycles. The lowest BCUT2D eigenvalue weighted by Gasteiger charge is -2.22. The summed E-state index contributed by atoms with van der Waals surface area (Å²) in [6.07, 6.45) is 1.07. The molecule has 6 heteroatoms. The lowest BCUT2D eigenvalue weighted by molar-refractivity contribution is -0.121. The highest BCUT2D eigenvalue weighted by Gasteiger charge is 2.21. The summed E-state index contributed by atoms with van der Waals surface area (Å²) in [6.45, 7) is 6.69. The number of amides is 2. The first-order valence-corrected chi connectivity index (χ1v) is 8.78. The van der Waals surface area contributed by atoms with Crippen molar-refractivity contribution in [2.45, 2.75) is 40.2 Å². The van der Waals surface area contributed by atoms with E-state index in [2.05, 4.69) is 5.32 Å². The van der Waals surface area contributed by atoms with Crippen molar-refractivity contribution in [3.63, 3.8) is 0 Å². The van der Waals surface area contributed by atoms with Crippen LogP contribution in [0.2, 0.25) is 0 Å². The molecular formula is C20H25FN2O3. The maximum Gasteiger partial charge on any atom is 0.257 e. The number of halogens is 1. The van der Waals surface area contributed by atoms with Gasteiger partial charge in [0.1, 0.15) is 17.3 Å². The van der Waals surface area contributed by atoms with Crippen molar-refractivity contribution < 1.29 is 18.4 Å². The van der Waals surface area contributed by atoms with E-state index < -0.39 is 0 Å². The minimum atomic E-state index is -0.327. The quantitative estimate of drug-likeness (QED) is 0.782. The molecule has 0 aliphatic rings. The average Bonchev–Trinajstić information content (AvgIpc) is 2.96. The molecule has 5 nitrogen and oxygen atoms in total. The molecule has 0 spiro atoms. The van der Waals surface area contributed by atoms with Crippen molar-refractivity contribution in [1.82, 2.24) is 10.2 Å². The summed E-state index contributed by atoms with van der Waals surface area (Å²) in [6, 6.07) is 7.70. The lowest BCUT2D eigenvalue weighted by Crippen LogP contribution is -2.35. The fourth-order valence-electron chi connectivity index (χ4n) is 2.67. The number of hydrogen-bond acceptors (Lipinski definition) is 3. The molecule has 0 aliphatic heterocycles. The third-order valence-electron chi connectivity index (χ3n) is 4.03. The molecule has 0 fully saturated rings. The normalized spacial score (nSPS) is 10.6. The van der Waals surface area contributed by atoms with Gasteiger partial charge < -0.3 is 14.6 Å². The Hall–Kier alpha value is -2.63. The average molecular weight is 360 g/mol. The van der Waals surface area contributed by atoms with Crippen molar-refractivity contribution >= 4 is 11.8 Å². The summed E-state index contributed by atoms with van der Waals surface area (Å²) < 4.78 is 18.6. The van der Waals surface area contributed by atoms with Crippen molar-refractivity contribution in [2.75, 3.05) is 13.1 Å². The predicted molar refractivity (Wildman–Crippen MR) is 97.2 cm³/mol. The Bertz CT molecular complexity index is 753. The van der Waals surface area contributed by atoms with Crippen LogP contribution < -0.4 is 5.32 Å². The van der Waals surface area contributed by atoms with Crippen LogP contribution in [-0.4, -0.2) is 29.8 Å². The molecule has 1 heterocycles. The van der Waals surface area contributed by atoms with E-state index in [1.807, 2.05) is 6.92 Å². The van der Waals surface area contributed by atoms with Gasteiger partial charge in [-0.2, -0.15) is 0 Å². The van der Waals surface area contributed by atoms with E-state index in [-0.39, 0.29) is 30.6 Å². The first-order valence-electron chi connectivity index (χ1n) is 8.78. The zero-order valence-corrected chi connectivity index (χ0v) is 15.5. The standard InChI is InChI=1S/C20H25FN2O3/c1-4-10-22-19(24)9-11-23(13-16-5-7-17(21)8-6-16)20(25)18-12-14(2)26-15(18)3/h5-8,12H,4,9-11,13H2,1-3H3,(H,22,24). The van der Waals surface area contributed by atoms with Crippen molar-refractivity contribution in [1.29, 1.82) is 0 Å². The first kappa shape index (κ1) is 19.7. The van der Waals surface area contributed by atoms with Crippen LogP contribution in [0.4, 0.5) is 4.39 Å². The van der Waals surface area contributed by atoms with E-state index in [4.69, 9.17) is 4.42 Å². The molecule has 0 atom stereocenters. The van der Waals surface area contributed by atoms with E-state index in [0.29, 0.717) is 30.2 Å². The molecular weight excluding hydrogens is 335 g/mol. The maximum absolute atomic E-state index is 13.1. The second kappa shape index (κ2) is 9.17. The smallest absolute Gasteiger partial charge is 0.257 e. The second-order valence-corrected chi connectivity index (χ2v) is 6.28. The van der Waals surface area contributed by atoms with E-state index in [0.717, 1.165) is 12.0 Å². The monoisotopic (exact) mass is 360 g/mol. The highest BCUT2D eigenvalue weighted by Crippen LogP contribution is 2.18. The molecule has 0 aliphatic carbocycles. The molecule has 1 N–H and O–H groups in total. The Morgan fingerprint density at radius 1 is 1.19 bits per heavy atom. The van der Waals surface area contributed by atoms with Gasteiger partial charge in [0.05, 0.1) is 5.56 Å². The lowest BCUT2D eigenvalue weighted by atomic mass is 10.1. The van der Waals surface area contributed by atoms with Gasteiger partial charge in [0.25, 0.3) is 5.91 Å². The number of aryl methyl sites for hydroxylation is 2. The number of carbonyl (C=O) groups is 2. The molecule has 0 saturated heterocycles. The molecule has 0 unspecified atom stereocenters. The molecule has 140 valence electrons. The van der Waals surface area contributed by atoms with Crippen molar-refractivity contribution in [2.24, 2.45) is 0 Å². The van der Waals surface area contributed by atoms with Crippen LogP contribution in [-0.2, 0) is 11.3 Å². The third kappa shape index (κ3) is 5.44. The van der Waals surface area contributed by atoms with Crippen LogP contribution in [0.15, 0.2) is 34.7 Å². The molecule has 1 aromatic carbocycles. The van der Waals surface area contributed by atoms with Crippen molar-refractivity contribution in [3.8, 4) is 0 Å². The van der Waals surface area contributed by atoms with Gasteiger partial charge in [-0.05, 0) is 44.0 Å². The van der Waals surface area contributed by atoms with Gasteiger partial charge in [0.2, 0.25) is 5.91 Å². The number of carbonyl (C=O) groups excluding carboxylic acids is 2. The summed E-state index contributed by atoms with van der Waals surface area (Å²) in [4.78, 5) is 26.4. The van der Waals surface area contributed by atoms with Gasteiger partial charge in [-0.3, -0.25) is 9.59 Å². The first-order chi connectivity index (χ1) is 12.4.